The van der Waals surface area contributed by atoms with Crippen molar-refractivity contribution in [2.24, 2.45) is 11.8 Å². The number of nitrogens with zero attached hydrogens (tertiary/aromatic N) is 2. The highest BCUT2D eigenvalue weighted by atomic mass is 16.2. The van der Waals surface area contributed by atoms with Gasteiger partial charge in [-0.1, -0.05) is 36.8 Å². The smallest absolute Gasteiger partial charge is 0.225 e. The zero-order valence-electron chi connectivity index (χ0n) is 17.0. The number of hydrogen-bond donors (Lipinski definition) is 1. The standard InChI is InChI=1S/C23H33N3O2/c1-25-21(27)13-12-19(22(25)17-8-3-2-4-9-17)23(28)24-16-18-10-7-15-26-14-6-5-11-20(18)26/h2-4,8-9,18-20,22H,5-7,10-16H2,1H3,(H,24,28)/t18-,19?,20+,22?/m0/s1. The van der Waals surface area contributed by atoms with E-state index in [1.165, 1.54) is 45.2 Å². The van der Waals surface area contributed by atoms with Crippen LogP contribution in [0.3, 0.4) is 0 Å². The lowest BCUT2D eigenvalue weighted by Gasteiger charge is -2.44. The molecule has 2 unspecified atom stereocenters. The van der Waals surface area contributed by atoms with Crippen LogP contribution >= 0.6 is 0 Å². The van der Waals surface area contributed by atoms with Crippen molar-refractivity contribution in [3.05, 3.63) is 35.9 Å². The van der Waals surface area contributed by atoms with Crippen LogP contribution in [0.15, 0.2) is 30.3 Å². The molecule has 0 bridgehead atoms. The molecule has 0 saturated carbocycles. The summed E-state index contributed by atoms with van der Waals surface area (Å²) in [5, 5.41) is 3.29. The summed E-state index contributed by atoms with van der Waals surface area (Å²) in [4.78, 5) is 29.9. The number of nitrogens with one attached hydrogen (secondary N) is 1. The van der Waals surface area contributed by atoms with Crippen molar-refractivity contribution in [2.75, 3.05) is 26.7 Å². The minimum absolute atomic E-state index is 0.112. The van der Waals surface area contributed by atoms with E-state index in [-0.39, 0.29) is 23.8 Å². The van der Waals surface area contributed by atoms with Crippen LogP contribution in [-0.2, 0) is 9.59 Å². The number of hydrogen-bond acceptors (Lipinski definition) is 3. The summed E-state index contributed by atoms with van der Waals surface area (Å²) >= 11 is 0. The van der Waals surface area contributed by atoms with Gasteiger partial charge in [-0.25, -0.2) is 0 Å². The van der Waals surface area contributed by atoms with Gasteiger partial charge in [-0.3, -0.25) is 9.59 Å². The normalized spacial score (nSPS) is 31.3. The summed E-state index contributed by atoms with van der Waals surface area (Å²) in [5.41, 5.74) is 1.05. The van der Waals surface area contributed by atoms with Crippen LogP contribution in [0.4, 0.5) is 0 Å². The van der Waals surface area contributed by atoms with Crippen molar-refractivity contribution in [3.8, 4) is 0 Å². The molecular weight excluding hydrogens is 350 g/mol. The highest BCUT2D eigenvalue weighted by molar-refractivity contribution is 5.84. The second kappa shape index (κ2) is 8.64. The Kier molecular flexibility index (Phi) is 6.00. The Morgan fingerprint density at radius 1 is 1.07 bits per heavy atom. The Hall–Kier alpha value is -1.88. The van der Waals surface area contributed by atoms with E-state index in [9.17, 15) is 9.59 Å². The summed E-state index contributed by atoms with van der Waals surface area (Å²) in [6.07, 6.45) is 7.45. The first-order chi connectivity index (χ1) is 13.6. The molecule has 4 atom stereocenters. The predicted octanol–water partition coefficient (Wildman–Crippen LogP) is 2.98. The summed E-state index contributed by atoms with van der Waals surface area (Å²) < 4.78 is 0. The molecule has 0 radical (unpaired) electrons. The summed E-state index contributed by atoms with van der Waals surface area (Å²) in [6, 6.07) is 10.5. The molecule has 0 spiro atoms. The molecule has 4 rings (SSSR count). The monoisotopic (exact) mass is 383 g/mol. The quantitative estimate of drug-likeness (QED) is 0.870. The van der Waals surface area contributed by atoms with Crippen LogP contribution in [-0.4, -0.2) is 54.3 Å². The van der Waals surface area contributed by atoms with Gasteiger partial charge < -0.3 is 15.1 Å². The van der Waals surface area contributed by atoms with Crippen molar-refractivity contribution >= 4 is 11.8 Å². The third kappa shape index (κ3) is 3.95. The van der Waals surface area contributed by atoms with Gasteiger partial charge >= 0.3 is 0 Å². The Balaban J connectivity index is 1.43. The molecule has 152 valence electrons. The number of carbonyl (C=O) groups excluding carboxylic acids is 2. The fourth-order valence-corrected chi connectivity index (χ4v) is 5.60. The first kappa shape index (κ1) is 19.4. The zero-order valence-corrected chi connectivity index (χ0v) is 17.0. The molecule has 1 N–H and O–H groups in total. The highest BCUT2D eigenvalue weighted by Crippen LogP contribution is 2.36. The van der Waals surface area contributed by atoms with Crippen molar-refractivity contribution in [1.82, 2.24) is 15.1 Å². The van der Waals surface area contributed by atoms with Crippen LogP contribution in [0.25, 0.3) is 0 Å². The van der Waals surface area contributed by atoms with Crippen molar-refractivity contribution in [2.45, 2.75) is 57.0 Å². The number of rotatable bonds is 4. The van der Waals surface area contributed by atoms with E-state index in [4.69, 9.17) is 0 Å². The van der Waals surface area contributed by atoms with Gasteiger partial charge in [0.15, 0.2) is 0 Å². The highest BCUT2D eigenvalue weighted by Gasteiger charge is 2.39. The van der Waals surface area contributed by atoms with Gasteiger partial charge in [0.2, 0.25) is 11.8 Å². The van der Waals surface area contributed by atoms with Crippen LogP contribution in [0.5, 0.6) is 0 Å². The minimum Gasteiger partial charge on any atom is -0.355 e. The van der Waals surface area contributed by atoms with Gasteiger partial charge in [-0.05, 0) is 56.7 Å². The largest absolute Gasteiger partial charge is 0.355 e. The second-order valence-corrected chi connectivity index (χ2v) is 8.75. The number of piperidine rings is 3. The summed E-state index contributed by atoms with van der Waals surface area (Å²) in [7, 11) is 1.83. The maximum atomic E-state index is 13.2. The second-order valence-electron chi connectivity index (χ2n) is 8.75. The lowest BCUT2D eigenvalue weighted by atomic mass is 9.82. The van der Waals surface area contributed by atoms with Crippen LogP contribution in [0, 0.1) is 11.8 Å². The number of likely N-dealkylation sites (tertiary alicyclic amines) is 1. The zero-order chi connectivity index (χ0) is 19.5. The number of benzene rings is 1. The maximum Gasteiger partial charge on any atom is 0.225 e. The van der Waals surface area contributed by atoms with Gasteiger partial charge in [0.1, 0.15) is 0 Å². The van der Waals surface area contributed by atoms with Crippen molar-refractivity contribution in [1.29, 1.82) is 0 Å². The first-order valence-corrected chi connectivity index (χ1v) is 11.0. The van der Waals surface area contributed by atoms with Gasteiger partial charge in [0.25, 0.3) is 0 Å². The molecule has 3 heterocycles. The average molecular weight is 384 g/mol. The first-order valence-electron chi connectivity index (χ1n) is 11.0. The van der Waals surface area contributed by atoms with Crippen LogP contribution in [0.1, 0.15) is 56.6 Å². The maximum absolute atomic E-state index is 13.2. The third-order valence-corrected chi connectivity index (χ3v) is 7.11. The molecule has 3 aliphatic heterocycles. The summed E-state index contributed by atoms with van der Waals surface area (Å²) in [6.45, 7) is 3.22. The Labute approximate surface area is 168 Å². The molecule has 3 aliphatic rings. The summed E-state index contributed by atoms with van der Waals surface area (Å²) in [5.74, 6) is 0.636. The fourth-order valence-electron chi connectivity index (χ4n) is 5.60. The molecular formula is C23H33N3O2. The lowest BCUT2D eigenvalue weighted by molar-refractivity contribution is -0.141. The van der Waals surface area contributed by atoms with E-state index in [0.717, 1.165) is 12.1 Å². The van der Waals surface area contributed by atoms with E-state index in [0.29, 0.717) is 24.8 Å². The lowest BCUT2D eigenvalue weighted by Crippen LogP contribution is -2.52. The van der Waals surface area contributed by atoms with E-state index in [2.05, 4.69) is 10.2 Å². The van der Waals surface area contributed by atoms with Gasteiger partial charge in [0.05, 0.1) is 12.0 Å². The van der Waals surface area contributed by atoms with E-state index >= 15 is 0 Å². The van der Waals surface area contributed by atoms with E-state index in [1.807, 2.05) is 37.4 Å². The number of amides is 2. The van der Waals surface area contributed by atoms with Crippen molar-refractivity contribution in [3.63, 3.8) is 0 Å². The molecule has 2 amide bonds. The molecule has 5 heteroatoms. The fraction of sp³-hybridized carbons (Fsp3) is 0.652. The van der Waals surface area contributed by atoms with E-state index < -0.39 is 0 Å². The van der Waals surface area contributed by atoms with Gasteiger partial charge in [-0.2, -0.15) is 0 Å². The van der Waals surface area contributed by atoms with Crippen molar-refractivity contribution < 1.29 is 9.59 Å². The van der Waals surface area contributed by atoms with E-state index in [1.54, 1.807) is 4.90 Å². The Morgan fingerprint density at radius 3 is 2.68 bits per heavy atom. The molecule has 5 nitrogen and oxygen atoms in total. The Bertz CT molecular complexity index is 690. The van der Waals surface area contributed by atoms with Gasteiger partial charge in [-0.15, -0.1) is 0 Å². The molecule has 0 aromatic heterocycles. The molecule has 1 aromatic rings. The Morgan fingerprint density at radius 2 is 1.86 bits per heavy atom. The number of carbonyl (C=O) groups is 2. The topological polar surface area (TPSA) is 52.7 Å². The SMILES string of the molecule is CN1C(=O)CCC(C(=O)NC[C@@H]2CCCN3CCCC[C@H]23)C1c1ccccc1. The molecule has 1 aromatic carbocycles. The average Bonchev–Trinajstić information content (AvgIpc) is 2.74. The molecule has 3 fully saturated rings. The third-order valence-electron chi connectivity index (χ3n) is 7.11. The number of fused-ring (bicyclic) bond motifs is 1. The predicted molar refractivity (Wildman–Crippen MR) is 110 cm³/mol. The van der Waals surface area contributed by atoms with Crippen LogP contribution in [0.2, 0.25) is 0 Å². The molecule has 0 aliphatic carbocycles. The minimum atomic E-state index is -0.170. The molecule has 28 heavy (non-hydrogen) atoms. The van der Waals surface area contributed by atoms with Crippen LogP contribution < -0.4 is 5.32 Å². The molecule has 3 saturated heterocycles. The van der Waals surface area contributed by atoms with Gasteiger partial charge in [0, 0.05) is 26.1 Å².